The Hall–Kier alpha value is -0.160. The minimum atomic E-state index is 0.171. The van der Waals surface area contributed by atoms with Gasteiger partial charge in [0.2, 0.25) is 0 Å². The van der Waals surface area contributed by atoms with Crippen LogP contribution in [0.2, 0.25) is 0 Å². The van der Waals surface area contributed by atoms with Crippen molar-refractivity contribution in [3.63, 3.8) is 0 Å². The average Bonchev–Trinajstić information content (AvgIpc) is 2.96. The normalized spacial score (nSPS) is 44.7. The highest BCUT2D eigenvalue weighted by molar-refractivity contribution is 5.05. The molecule has 3 atom stereocenters. The molecule has 3 aliphatic heterocycles. The quantitative estimate of drug-likeness (QED) is 0.775. The predicted molar refractivity (Wildman–Crippen MR) is 72.6 cm³/mol. The SMILES string of the molecule is CN1C2CCC1CC(CN)(NCC1CCCO1)C2. The van der Waals surface area contributed by atoms with Gasteiger partial charge in [-0.3, -0.25) is 0 Å². The molecule has 0 spiro atoms. The number of nitrogens with one attached hydrogen (secondary N) is 1. The van der Waals surface area contributed by atoms with E-state index in [9.17, 15) is 0 Å². The lowest BCUT2D eigenvalue weighted by Crippen LogP contribution is -2.61. The first-order chi connectivity index (χ1) is 8.72. The van der Waals surface area contributed by atoms with Crippen molar-refractivity contribution in [3.05, 3.63) is 0 Å². The maximum absolute atomic E-state index is 6.10. The molecular weight excluding hydrogens is 226 g/mol. The first-order valence-electron chi connectivity index (χ1n) is 7.51. The number of hydrogen-bond donors (Lipinski definition) is 2. The summed E-state index contributed by atoms with van der Waals surface area (Å²) in [6.45, 7) is 2.69. The van der Waals surface area contributed by atoms with E-state index in [1.165, 1.54) is 38.5 Å². The molecule has 0 saturated carbocycles. The summed E-state index contributed by atoms with van der Waals surface area (Å²) in [6, 6.07) is 1.48. The van der Waals surface area contributed by atoms with Crippen molar-refractivity contribution in [2.75, 3.05) is 26.7 Å². The van der Waals surface area contributed by atoms with Gasteiger partial charge in [0.15, 0.2) is 0 Å². The molecule has 3 rings (SSSR count). The molecule has 3 unspecified atom stereocenters. The first kappa shape index (κ1) is 12.9. The van der Waals surface area contributed by atoms with Crippen LogP contribution >= 0.6 is 0 Å². The van der Waals surface area contributed by atoms with E-state index in [2.05, 4.69) is 17.3 Å². The molecule has 3 saturated heterocycles. The van der Waals surface area contributed by atoms with E-state index in [4.69, 9.17) is 10.5 Å². The highest BCUT2D eigenvalue weighted by Crippen LogP contribution is 2.39. The van der Waals surface area contributed by atoms with E-state index >= 15 is 0 Å². The second-order valence-corrected chi connectivity index (χ2v) is 6.46. The third kappa shape index (κ3) is 2.31. The van der Waals surface area contributed by atoms with Gasteiger partial charge in [-0.15, -0.1) is 0 Å². The van der Waals surface area contributed by atoms with Crippen LogP contribution in [0.3, 0.4) is 0 Å². The van der Waals surface area contributed by atoms with Gasteiger partial charge in [-0.05, 0) is 45.6 Å². The van der Waals surface area contributed by atoms with Crippen molar-refractivity contribution in [1.82, 2.24) is 10.2 Å². The summed E-state index contributed by atoms with van der Waals surface area (Å²) < 4.78 is 5.71. The number of piperidine rings is 1. The summed E-state index contributed by atoms with van der Waals surface area (Å²) in [5.41, 5.74) is 6.27. The summed E-state index contributed by atoms with van der Waals surface area (Å²) in [6.07, 6.45) is 7.98. The Morgan fingerprint density at radius 2 is 2.00 bits per heavy atom. The van der Waals surface area contributed by atoms with E-state index < -0.39 is 0 Å². The maximum atomic E-state index is 6.10. The van der Waals surface area contributed by atoms with Gasteiger partial charge in [0.05, 0.1) is 6.10 Å². The molecule has 3 heterocycles. The Labute approximate surface area is 110 Å². The zero-order valence-electron chi connectivity index (χ0n) is 11.5. The lowest BCUT2D eigenvalue weighted by atomic mass is 9.82. The Kier molecular flexibility index (Phi) is 3.63. The molecular formula is C14H27N3O. The molecule has 2 bridgehead atoms. The van der Waals surface area contributed by atoms with Crippen LogP contribution in [0.1, 0.15) is 38.5 Å². The maximum Gasteiger partial charge on any atom is 0.0700 e. The molecule has 0 aromatic rings. The van der Waals surface area contributed by atoms with E-state index in [0.29, 0.717) is 6.10 Å². The van der Waals surface area contributed by atoms with Gasteiger partial charge in [0.1, 0.15) is 0 Å². The number of nitrogens with two attached hydrogens (primary N) is 1. The second-order valence-electron chi connectivity index (χ2n) is 6.46. The largest absolute Gasteiger partial charge is 0.377 e. The smallest absolute Gasteiger partial charge is 0.0700 e. The van der Waals surface area contributed by atoms with Crippen molar-refractivity contribution in [2.45, 2.75) is 62.3 Å². The summed E-state index contributed by atoms with van der Waals surface area (Å²) >= 11 is 0. The topological polar surface area (TPSA) is 50.5 Å². The van der Waals surface area contributed by atoms with Crippen molar-refractivity contribution in [1.29, 1.82) is 0 Å². The fourth-order valence-electron chi connectivity index (χ4n) is 4.09. The van der Waals surface area contributed by atoms with Crippen molar-refractivity contribution < 1.29 is 4.74 Å². The number of fused-ring (bicyclic) bond motifs is 2. The highest BCUT2D eigenvalue weighted by atomic mass is 16.5. The number of ether oxygens (including phenoxy) is 1. The zero-order chi connectivity index (χ0) is 12.6. The first-order valence-corrected chi connectivity index (χ1v) is 7.51. The fourth-order valence-corrected chi connectivity index (χ4v) is 4.09. The molecule has 104 valence electrons. The summed E-state index contributed by atoms with van der Waals surface area (Å²) in [5, 5.41) is 3.77. The van der Waals surface area contributed by atoms with Crippen LogP contribution in [0.4, 0.5) is 0 Å². The summed E-state index contributed by atoms with van der Waals surface area (Å²) in [7, 11) is 2.28. The second kappa shape index (κ2) is 5.08. The third-order valence-electron chi connectivity index (χ3n) is 5.36. The molecule has 3 fully saturated rings. The zero-order valence-corrected chi connectivity index (χ0v) is 11.5. The average molecular weight is 253 g/mol. The molecule has 3 N–H and O–H groups in total. The molecule has 4 heteroatoms. The van der Waals surface area contributed by atoms with Crippen LogP contribution in [0.15, 0.2) is 0 Å². The lowest BCUT2D eigenvalue weighted by Gasteiger charge is -2.45. The van der Waals surface area contributed by atoms with Gasteiger partial charge in [-0.25, -0.2) is 0 Å². The van der Waals surface area contributed by atoms with Gasteiger partial charge in [0, 0.05) is 37.3 Å². The number of rotatable bonds is 4. The van der Waals surface area contributed by atoms with Crippen LogP contribution < -0.4 is 11.1 Å². The van der Waals surface area contributed by atoms with Gasteiger partial charge in [-0.1, -0.05) is 0 Å². The Balaban J connectivity index is 1.60. The van der Waals surface area contributed by atoms with Gasteiger partial charge in [-0.2, -0.15) is 0 Å². The van der Waals surface area contributed by atoms with Gasteiger partial charge >= 0.3 is 0 Å². The molecule has 0 aromatic carbocycles. The third-order valence-corrected chi connectivity index (χ3v) is 5.36. The molecule has 0 aromatic heterocycles. The molecule has 0 aliphatic carbocycles. The standard InChI is InChI=1S/C14H27N3O/c1-17-11-4-5-12(17)8-14(7-11,10-15)16-9-13-3-2-6-18-13/h11-13,16H,2-10,15H2,1H3. The van der Waals surface area contributed by atoms with E-state index in [1.54, 1.807) is 0 Å². The number of hydrogen-bond acceptors (Lipinski definition) is 4. The Morgan fingerprint density at radius 1 is 1.28 bits per heavy atom. The minimum absolute atomic E-state index is 0.171. The molecule has 0 radical (unpaired) electrons. The van der Waals surface area contributed by atoms with E-state index in [1.807, 2.05) is 0 Å². The molecule has 4 nitrogen and oxygen atoms in total. The van der Waals surface area contributed by atoms with Gasteiger partial charge in [0.25, 0.3) is 0 Å². The lowest BCUT2D eigenvalue weighted by molar-refractivity contribution is 0.0669. The van der Waals surface area contributed by atoms with Crippen molar-refractivity contribution in [3.8, 4) is 0 Å². The molecule has 0 amide bonds. The highest BCUT2D eigenvalue weighted by Gasteiger charge is 2.46. The minimum Gasteiger partial charge on any atom is -0.377 e. The Morgan fingerprint density at radius 3 is 2.56 bits per heavy atom. The van der Waals surface area contributed by atoms with Crippen LogP contribution in [-0.2, 0) is 4.74 Å². The van der Waals surface area contributed by atoms with E-state index in [-0.39, 0.29) is 5.54 Å². The Bertz CT molecular complexity index is 277. The van der Waals surface area contributed by atoms with E-state index in [0.717, 1.165) is 31.8 Å². The number of nitrogens with zero attached hydrogens (tertiary/aromatic N) is 1. The summed E-state index contributed by atoms with van der Waals surface area (Å²) in [5.74, 6) is 0. The fraction of sp³-hybridized carbons (Fsp3) is 1.00. The summed E-state index contributed by atoms with van der Waals surface area (Å²) in [4.78, 5) is 2.57. The van der Waals surface area contributed by atoms with Crippen molar-refractivity contribution in [2.24, 2.45) is 5.73 Å². The van der Waals surface area contributed by atoms with Crippen LogP contribution in [0, 0.1) is 0 Å². The van der Waals surface area contributed by atoms with Gasteiger partial charge < -0.3 is 20.7 Å². The van der Waals surface area contributed by atoms with Crippen LogP contribution in [0.25, 0.3) is 0 Å². The predicted octanol–water partition coefficient (Wildman–Crippen LogP) is 0.709. The van der Waals surface area contributed by atoms with Crippen molar-refractivity contribution >= 4 is 0 Å². The monoisotopic (exact) mass is 253 g/mol. The van der Waals surface area contributed by atoms with Crippen LogP contribution in [-0.4, -0.2) is 55.4 Å². The van der Waals surface area contributed by atoms with Crippen LogP contribution in [0.5, 0.6) is 0 Å². The molecule has 18 heavy (non-hydrogen) atoms. The molecule has 3 aliphatic rings.